The van der Waals surface area contributed by atoms with E-state index in [0.717, 1.165) is 39.0 Å². The maximum Gasteiger partial charge on any atom is 0.243 e. The molecule has 1 N–H and O–H groups in total. The molecular formula is C15H25NO2. The van der Waals surface area contributed by atoms with Crippen LogP contribution in [0.1, 0.15) is 39.0 Å². The number of hydrogen-bond donors (Lipinski definition) is 1. The highest BCUT2D eigenvalue weighted by atomic mass is 16.5. The van der Waals surface area contributed by atoms with Gasteiger partial charge in [0.2, 0.25) is 5.91 Å². The van der Waals surface area contributed by atoms with E-state index in [1.165, 1.54) is 12.8 Å². The quantitative estimate of drug-likeness (QED) is 0.429. The molecule has 1 atom stereocenters. The number of unbranched alkanes of at least 4 members (excludes halogenated alkanes) is 2. The van der Waals surface area contributed by atoms with Crippen LogP contribution in [0.4, 0.5) is 0 Å². The molecule has 0 radical (unpaired) electrons. The van der Waals surface area contributed by atoms with Crippen molar-refractivity contribution in [1.82, 2.24) is 5.32 Å². The third-order valence-corrected chi connectivity index (χ3v) is 3.04. The zero-order chi connectivity index (χ0) is 13.1. The molecule has 1 fully saturated rings. The maximum absolute atomic E-state index is 11.5. The first-order valence-corrected chi connectivity index (χ1v) is 7.01. The van der Waals surface area contributed by atoms with Crippen LogP contribution >= 0.6 is 0 Å². The fourth-order valence-corrected chi connectivity index (χ4v) is 1.91. The molecule has 102 valence electrons. The van der Waals surface area contributed by atoms with Crippen molar-refractivity contribution in [3.63, 3.8) is 0 Å². The second-order valence-corrected chi connectivity index (χ2v) is 4.76. The van der Waals surface area contributed by atoms with Crippen LogP contribution in [0, 0.1) is 5.92 Å². The maximum atomic E-state index is 11.5. The molecule has 1 amide bonds. The number of rotatable bonds is 7. The number of carbonyl (C=O) groups is 1. The smallest absolute Gasteiger partial charge is 0.243 e. The van der Waals surface area contributed by atoms with Gasteiger partial charge in [-0.2, -0.15) is 0 Å². The van der Waals surface area contributed by atoms with Gasteiger partial charge in [-0.05, 0) is 25.2 Å². The third-order valence-electron chi connectivity index (χ3n) is 3.04. The van der Waals surface area contributed by atoms with Crippen molar-refractivity contribution in [2.75, 3.05) is 19.8 Å². The monoisotopic (exact) mass is 251 g/mol. The van der Waals surface area contributed by atoms with Crippen LogP contribution in [0.3, 0.4) is 0 Å². The number of allylic oxidation sites excluding steroid dienone is 3. The molecule has 0 aromatic rings. The molecule has 1 saturated heterocycles. The summed E-state index contributed by atoms with van der Waals surface area (Å²) in [6.07, 6.45) is 13.2. The minimum atomic E-state index is -0.0132. The Labute approximate surface area is 110 Å². The fourth-order valence-electron chi connectivity index (χ4n) is 1.91. The third kappa shape index (κ3) is 7.28. The first-order chi connectivity index (χ1) is 8.83. The molecule has 0 saturated carbocycles. The van der Waals surface area contributed by atoms with Crippen molar-refractivity contribution in [2.45, 2.75) is 39.0 Å². The second-order valence-electron chi connectivity index (χ2n) is 4.76. The van der Waals surface area contributed by atoms with Gasteiger partial charge in [-0.1, -0.05) is 38.0 Å². The Morgan fingerprint density at radius 2 is 2.33 bits per heavy atom. The highest BCUT2D eigenvalue weighted by molar-refractivity contribution is 5.87. The zero-order valence-electron chi connectivity index (χ0n) is 11.4. The summed E-state index contributed by atoms with van der Waals surface area (Å²) in [7, 11) is 0. The summed E-state index contributed by atoms with van der Waals surface area (Å²) in [6.45, 7) is 4.54. The molecule has 0 aliphatic carbocycles. The van der Waals surface area contributed by atoms with Crippen LogP contribution in [0.25, 0.3) is 0 Å². The molecule has 0 spiro atoms. The average molecular weight is 251 g/mol. The van der Waals surface area contributed by atoms with Crippen LogP contribution in [-0.4, -0.2) is 25.7 Å². The molecule has 1 aliphatic heterocycles. The van der Waals surface area contributed by atoms with Crippen LogP contribution in [0.2, 0.25) is 0 Å². The second kappa shape index (κ2) is 9.89. The van der Waals surface area contributed by atoms with Crippen LogP contribution in [0.5, 0.6) is 0 Å². The molecule has 18 heavy (non-hydrogen) atoms. The van der Waals surface area contributed by atoms with E-state index in [1.807, 2.05) is 12.2 Å². The Kier molecular flexibility index (Phi) is 8.23. The number of ether oxygens (including phenoxy) is 1. The molecule has 1 heterocycles. The summed E-state index contributed by atoms with van der Waals surface area (Å²) in [5.41, 5.74) is 0. The Bertz CT molecular complexity index is 278. The van der Waals surface area contributed by atoms with Gasteiger partial charge in [-0.3, -0.25) is 4.79 Å². The van der Waals surface area contributed by atoms with Gasteiger partial charge in [0, 0.05) is 19.2 Å². The first kappa shape index (κ1) is 15.0. The molecule has 3 nitrogen and oxygen atoms in total. The lowest BCUT2D eigenvalue weighted by Crippen LogP contribution is -2.32. The van der Waals surface area contributed by atoms with Crippen molar-refractivity contribution in [2.24, 2.45) is 5.92 Å². The van der Waals surface area contributed by atoms with E-state index in [-0.39, 0.29) is 5.91 Å². The van der Waals surface area contributed by atoms with Crippen LogP contribution in [-0.2, 0) is 9.53 Å². The zero-order valence-corrected chi connectivity index (χ0v) is 11.4. The van der Waals surface area contributed by atoms with E-state index >= 15 is 0 Å². The summed E-state index contributed by atoms with van der Waals surface area (Å²) < 4.78 is 5.37. The summed E-state index contributed by atoms with van der Waals surface area (Å²) >= 11 is 0. The minimum Gasteiger partial charge on any atom is -0.381 e. The van der Waals surface area contributed by atoms with Gasteiger partial charge < -0.3 is 10.1 Å². The number of amides is 1. The Hall–Kier alpha value is -1.09. The van der Waals surface area contributed by atoms with Crippen molar-refractivity contribution in [1.29, 1.82) is 0 Å². The van der Waals surface area contributed by atoms with Gasteiger partial charge in [0.25, 0.3) is 0 Å². The first-order valence-electron chi connectivity index (χ1n) is 7.01. The van der Waals surface area contributed by atoms with Gasteiger partial charge >= 0.3 is 0 Å². The average Bonchev–Trinajstić information content (AvgIpc) is 2.41. The van der Waals surface area contributed by atoms with Gasteiger partial charge in [0.1, 0.15) is 0 Å². The lowest BCUT2D eigenvalue weighted by atomic mass is 10.0. The van der Waals surface area contributed by atoms with Gasteiger partial charge in [-0.15, -0.1) is 0 Å². The highest BCUT2D eigenvalue weighted by Gasteiger charge is 2.13. The molecule has 0 aromatic carbocycles. The SMILES string of the molecule is CCCC/C=C/C=C/C(=O)NCC1CCCOC1. The largest absolute Gasteiger partial charge is 0.381 e. The Balaban J connectivity index is 2.08. The molecule has 1 unspecified atom stereocenters. The summed E-state index contributed by atoms with van der Waals surface area (Å²) in [5.74, 6) is 0.469. The molecule has 0 bridgehead atoms. The highest BCUT2D eigenvalue weighted by Crippen LogP contribution is 2.11. The molecule has 1 aliphatic rings. The van der Waals surface area contributed by atoms with Gasteiger partial charge in [-0.25, -0.2) is 0 Å². The molecule has 3 heteroatoms. The minimum absolute atomic E-state index is 0.0132. The molecule has 0 aromatic heterocycles. The predicted octanol–water partition coefficient (Wildman–Crippen LogP) is 2.83. The van der Waals surface area contributed by atoms with Crippen LogP contribution in [0.15, 0.2) is 24.3 Å². The Morgan fingerprint density at radius 3 is 3.06 bits per heavy atom. The van der Waals surface area contributed by atoms with Crippen molar-refractivity contribution >= 4 is 5.91 Å². The standard InChI is InChI=1S/C15H25NO2/c1-2-3-4-5-6-7-10-15(17)16-12-14-9-8-11-18-13-14/h5-7,10,14H,2-4,8-9,11-13H2,1H3,(H,16,17)/b6-5+,10-7+. The topological polar surface area (TPSA) is 38.3 Å². The van der Waals surface area contributed by atoms with Crippen molar-refractivity contribution in [3.05, 3.63) is 24.3 Å². The van der Waals surface area contributed by atoms with E-state index < -0.39 is 0 Å². The summed E-state index contributed by atoms with van der Waals surface area (Å²) in [4.78, 5) is 11.5. The molecular weight excluding hydrogens is 226 g/mol. The lowest BCUT2D eigenvalue weighted by Gasteiger charge is -2.21. The van der Waals surface area contributed by atoms with E-state index in [1.54, 1.807) is 6.08 Å². The predicted molar refractivity (Wildman–Crippen MR) is 74.4 cm³/mol. The normalized spacial score (nSPS) is 20.6. The fraction of sp³-hybridized carbons (Fsp3) is 0.667. The Morgan fingerprint density at radius 1 is 1.44 bits per heavy atom. The van der Waals surface area contributed by atoms with Gasteiger partial charge in [0.05, 0.1) is 6.61 Å². The van der Waals surface area contributed by atoms with Crippen LogP contribution < -0.4 is 5.32 Å². The number of carbonyl (C=O) groups excluding carboxylic acids is 1. The molecule has 1 rings (SSSR count). The summed E-state index contributed by atoms with van der Waals surface area (Å²) in [5, 5.41) is 2.91. The summed E-state index contributed by atoms with van der Waals surface area (Å²) in [6, 6.07) is 0. The van der Waals surface area contributed by atoms with Gasteiger partial charge in [0.15, 0.2) is 0 Å². The van der Waals surface area contributed by atoms with E-state index in [0.29, 0.717) is 5.92 Å². The van der Waals surface area contributed by atoms with E-state index in [9.17, 15) is 4.79 Å². The number of nitrogens with one attached hydrogen (secondary N) is 1. The van der Waals surface area contributed by atoms with Crippen molar-refractivity contribution < 1.29 is 9.53 Å². The van der Waals surface area contributed by atoms with E-state index in [2.05, 4.69) is 18.3 Å². The lowest BCUT2D eigenvalue weighted by molar-refractivity contribution is -0.116. The van der Waals surface area contributed by atoms with E-state index in [4.69, 9.17) is 4.74 Å². The number of hydrogen-bond acceptors (Lipinski definition) is 2. The van der Waals surface area contributed by atoms with Crippen molar-refractivity contribution in [3.8, 4) is 0 Å².